The number of aryl methyl sites for hydroxylation is 1. The van der Waals surface area contributed by atoms with Gasteiger partial charge in [0, 0.05) is 28.3 Å². The van der Waals surface area contributed by atoms with E-state index in [9.17, 15) is 19.7 Å². The van der Waals surface area contributed by atoms with Crippen LogP contribution in [0, 0.1) is 17.0 Å². The van der Waals surface area contributed by atoms with E-state index in [-0.39, 0.29) is 16.4 Å². The minimum absolute atomic E-state index is 0.0640. The molecule has 1 amide bonds. The highest BCUT2D eigenvalue weighted by Gasteiger charge is 2.22. The van der Waals surface area contributed by atoms with E-state index in [1.165, 1.54) is 31.2 Å². The topological polar surface area (TPSA) is 125 Å². The van der Waals surface area contributed by atoms with Crippen LogP contribution in [0.5, 0.6) is 0 Å². The third kappa shape index (κ3) is 3.70. The molecule has 0 spiro atoms. The molecule has 3 aromatic rings. The highest BCUT2D eigenvalue weighted by Crippen LogP contribution is 2.29. The first kappa shape index (κ1) is 17.5. The van der Waals surface area contributed by atoms with Crippen molar-refractivity contribution in [3.8, 4) is 0 Å². The van der Waals surface area contributed by atoms with Crippen LogP contribution in [0.25, 0.3) is 10.1 Å². The molecule has 0 aliphatic heterocycles. The van der Waals surface area contributed by atoms with Crippen molar-refractivity contribution in [1.29, 1.82) is 0 Å². The average Bonchev–Trinajstić information content (AvgIpc) is 3.19. The Hall–Kier alpha value is -3.27. The summed E-state index contributed by atoms with van der Waals surface area (Å²) >= 11 is 1.13. The molecule has 0 radical (unpaired) electrons. The van der Waals surface area contributed by atoms with Gasteiger partial charge < -0.3 is 14.6 Å². The molecule has 1 N–H and O–H groups in total. The third-order valence-corrected chi connectivity index (χ3v) is 4.54. The van der Waals surface area contributed by atoms with Gasteiger partial charge in [-0.2, -0.15) is 0 Å². The van der Waals surface area contributed by atoms with Crippen LogP contribution in [-0.2, 0) is 9.53 Å². The Morgan fingerprint density at radius 2 is 2.12 bits per heavy atom. The number of nitrogens with zero attached hydrogens (tertiary/aromatic N) is 2. The first-order chi connectivity index (χ1) is 12.3. The normalized spacial score (nSPS) is 11.9. The number of hydrogen-bond acceptors (Lipinski definition) is 8. The van der Waals surface area contributed by atoms with Gasteiger partial charge in [-0.3, -0.25) is 14.9 Å². The molecule has 134 valence electrons. The number of nitro benzene ring substituents is 1. The molecular formula is C16H13N3O6S. The predicted octanol–water partition coefficient (Wildman–Crippen LogP) is 3.29. The molecule has 2 heterocycles. The van der Waals surface area contributed by atoms with Crippen LogP contribution in [0.3, 0.4) is 0 Å². The maximum Gasteiger partial charge on any atom is 0.349 e. The van der Waals surface area contributed by atoms with Crippen molar-refractivity contribution >= 4 is 44.8 Å². The smallest absolute Gasteiger partial charge is 0.349 e. The first-order valence-electron chi connectivity index (χ1n) is 7.46. The number of nitrogens with one attached hydrogen (secondary N) is 1. The van der Waals surface area contributed by atoms with Gasteiger partial charge in [-0.05, 0) is 26.0 Å². The number of ether oxygens (including phenoxy) is 1. The Kier molecular flexibility index (Phi) is 4.67. The zero-order valence-corrected chi connectivity index (χ0v) is 14.5. The van der Waals surface area contributed by atoms with Gasteiger partial charge in [-0.15, -0.1) is 11.3 Å². The molecule has 2 aromatic heterocycles. The van der Waals surface area contributed by atoms with Crippen molar-refractivity contribution in [2.24, 2.45) is 0 Å². The van der Waals surface area contributed by atoms with Crippen molar-refractivity contribution in [1.82, 2.24) is 5.16 Å². The number of carbonyl (C=O) groups excluding carboxylic acids is 2. The molecule has 26 heavy (non-hydrogen) atoms. The summed E-state index contributed by atoms with van der Waals surface area (Å²) in [4.78, 5) is 34.8. The highest BCUT2D eigenvalue weighted by molar-refractivity contribution is 7.20. The molecule has 1 atom stereocenters. The lowest BCUT2D eigenvalue weighted by Crippen LogP contribution is -2.29. The molecule has 0 fully saturated rings. The van der Waals surface area contributed by atoms with Gasteiger partial charge in [-0.25, -0.2) is 4.79 Å². The third-order valence-electron chi connectivity index (χ3n) is 3.44. The fraction of sp³-hybridized carbons (Fsp3) is 0.188. The number of hydrogen-bond donors (Lipinski definition) is 1. The van der Waals surface area contributed by atoms with E-state index < -0.39 is 22.9 Å². The highest BCUT2D eigenvalue weighted by atomic mass is 32.1. The number of amides is 1. The lowest BCUT2D eigenvalue weighted by molar-refractivity contribution is -0.384. The summed E-state index contributed by atoms with van der Waals surface area (Å²) in [6.07, 6.45) is -1.06. The lowest BCUT2D eigenvalue weighted by atomic mass is 10.2. The number of rotatable bonds is 5. The molecule has 0 saturated heterocycles. The number of carbonyl (C=O) groups is 2. The summed E-state index contributed by atoms with van der Waals surface area (Å²) in [6.45, 7) is 3.11. The van der Waals surface area contributed by atoms with Gasteiger partial charge in [0.25, 0.3) is 11.6 Å². The van der Waals surface area contributed by atoms with E-state index in [2.05, 4.69) is 10.5 Å². The van der Waals surface area contributed by atoms with Crippen LogP contribution in [0.1, 0.15) is 22.4 Å². The number of aromatic nitrogens is 1. The van der Waals surface area contributed by atoms with Crippen LogP contribution >= 0.6 is 11.3 Å². The van der Waals surface area contributed by atoms with Gasteiger partial charge in [0.05, 0.1) is 4.92 Å². The molecular weight excluding hydrogens is 362 g/mol. The second kappa shape index (κ2) is 6.92. The Morgan fingerprint density at radius 3 is 2.77 bits per heavy atom. The fourth-order valence-electron chi connectivity index (χ4n) is 2.17. The molecule has 0 aliphatic rings. The minimum atomic E-state index is -1.06. The van der Waals surface area contributed by atoms with E-state index in [1.807, 2.05) is 0 Å². The Balaban J connectivity index is 1.69. The van der Waals surface area contributed by atoms with Crippen molar-refractivity contribution in [2.75, 3.05) is 5.32 Å². The number of esters is 1. The second-order valence-electron chi connectivity index (χ2n) is 5.45. The zero-order valence-electron chi connectivity index (χ0n) is 13.7. The number of non-ortho nitro benzene ring substituents is 1. The second-order valence-corrected chi connectivity index (χ2v) is 6.53. The Morgan fingerprint density at radius 1 is 1.35 bits per heavy atom. The van der Waals surface area contributed by atoms with E-state index >= 15 is 0 Å². The summed E-state index contributed by atoms with van der Waals surface area (Å²) in [5.41, 5.74) is -0.0640. The van der Waals surface area contributed by atoms with Crippen molar-refractivity contribution in [3.05, 3.63) is 51.1 Å². The minimum Gasteiger partial charge on any atom is -0.448 e. The number of nitro groups is 1. The largest absolute Gasteiger partial charge is 0.448 e. The number of fused-ring (bicyclic) bond motifs is 1. The number of thiophene rings is 1. The summed E-state index contributed by atoms with van der Waals surface area (Å²) in [7, 11) is 0. The molecule has 0 saturated carbocycles. The van der Waals surface area contributed by atoms with Gasteiger partial charge in [-0.1, -0.05) is 5.16 Å². The van der Waals surface area contributed by atoms with E-state index in [1.54, 1.807) is 13.0 Å². The van der Waals surface area contributed by atoms with Gasteiger partial charge in [0.1, 0.15) is 10.6 Å². The molecule has 3 rings (SSSR count). The average molecular weight is 375 g/mol. The van der Waals surface area contributed by atoms with E-state index in [4.69, 9.17) is 9.26 Å². The molecule has 1 aromatic carbocycles. The van der Waals surface area contributed by atoms with E-state index in [0.717, 1.165) is 11.3 Å². The van der Waals surface area contributed by atoms with Crippen molar-refractivity contribution in [2.45, 2.75) is 20.0 Å². The lowest BCUT2D eigenvalue weighted by Gasteiger charge is -2.11. The van der Waals surface area contributed by atoms with Crippen LogP contribution in [0.2, 0.25) is 0 Å². The predicted molar refractivity (Wildman–Crippen MR) is 93.2 cm³/mol. The maximum atomic E-state index is 12.2. The monoisotopic (exact) mass is 375 g/mol. The quantitative estimate of drug-likeness (QED) is 0.412. The van der Waals surface area contributed by atoms with Crippen LogP contribution in [-0.4, -0.2) is 28.1 Å². The molecule has 9 nitrogen and oxygen atoms in total. The zero-order chi connectivity index (χ0) is 18.8. The molecule has 10 heteroatoms. The van der Waals surface area contributed by atoms with Crippen LogP contribution in [0.4, 0.5) is 11.5 Å². The first-order valence-corrected chi connectivity index (χ1v) is 8.28. The van der Waals surface area contributed by atoms with Gasteiger partial charge >= 0.3 is 5.97 Å². The summed E-state index contributed by atoms with van der Waals surface area (Å²) in [6, 6.07) is 7.35. The fourth-order valence-corrected chi connectivity index (χ4v) is 3.10. The summed E-state index contributed by atoms with van der Waals surface area (Å²) in [5.74, 6) is -0.481. The van der Waals surface area contributed by atoms with Gasteiger partial charge in [0.15, 0.2) is 11.9 Å². The number of benzene rings is 1. The van der Waals surface area contributed by atoms with Crippen LogP contribution in [0.15, 0.2) is 34.9 Å². The molecule has 0 aliphatic carbocycles. The van der Waals surface area contributed by atoms with Crippen LogP contribution < -0.4 is 5.32 Å². The summed E-state index contributed by atoms with van der Waals surface area (Å²) < 4.78 is 10.7. The SMILES string of the molecule is Cc1cc(NC(=O)[C@H](C)OC(=O)c2cc3cc([N+](=O)[O-])ccc3s2)no1. The Labute approximate surface area is 150 Å². The Bertz CT molecular complexity index is 1010. The van der Waals surface area contributed by atoms with E-state index in [0.29, 0.717) is 15.8 Å². The maximum absolute atomic E-state index is 12.2. The molecule has 0 unspecified atom stereocenters. The standard InChI is InChI=1S/C16H13N3O6S/c1-8-5-14(18-25-8)17-15(20)9(2)24-16(21)13-7-10-6-11(19(22)23)3-4-12(10)26-13/h3-7,9H,1-2H3,(H,17,18,20)/t9-/m0/s1. The molecule has 0 bridgehead atoms. The summed E-state index contributed by atoms with van der Waals surface area (Å²) in [5, 5.41) is 17.5. The van der Waals surface area contributed by atoms with Gasteiger partial charge in [0.2, 0.25) is 0 Å². The van der Waals surface area contributed by atoms with Crippen molar-refractivity contribution < 1.29 is 23.8 Å². The number of anilines is 1. The van der Waals surface area contributed by atoms with Crippen molar-refractivity contribution in [3.63, 3.8) is 0 Å².